The lowest BCUT2D eigenvalue weighted by atomic mass is 9.99. The van der Waals surface area contributed by atoms with E-state index in [1.165, 1.54) is 0 Å². The summed E-state index contributed by atoms with van der Waals surface area (Å²) in [4.78, 5) is 11.4. The molecule has 0 aromatic heterocycles. The average Bonchev–Trinajstić information content (AvgIpc) is 1.92. The van der Waals surface area contributed by atoms with E-state index in [1.807, 2.05) is 34.6 Å². The summed E-state index contributed by atoms with van der Waals surface area (Å²) < 4.78 is -0.325. The van der Waals surface area contributed by atoms with Crippen LogP contribution in [0.15, 0.2) is 0 Å². The van der Waals surface area contributed by atoms with E-state index in [9.17, 15) is 9.90 Å². The van der Waals surface area contributed by atoms with E-state index in [0.717, 1.165) is 0 Å². The molecule has 0 saturated heterocycles. The number of aliphatic carboxylic acids is 1. The van der Waals surface area contributed by atoms with Gasteiger partial charge in [0, 0.05) is 15.0 Å². The van der Waals surface area contributed by atoms with Crippen molar-refractivity contribution in [3.05, 3.63) is 0 Å². The molecule has 0 radical (unpaired) electrons. The zero-order valence-electron chi connectivity index (χ0n) is 12.3. The molecule has 0 amide bonds. The van der Waals surface area contributed by atoms with Gasteiger partial charge in [-0.25, -0.2) is 0 Å². The smallest absolute Gasteiger partial charge is 0.322 e. The highest BCUT2D eigenvalue weighted by Crippen LogP contribution is 2.38. The maximum Gasteiger partial charge on any atom is 0.322 e. The quantitative estimate of drug-likeness (QED) is 0.816. The molecular weight excluding hydrogens is 234 g/mol. The van der Waals surface area contributed by atoms with Crippen LogP contribution < -0.4 is 5.32 Å². The Bertz CT molecular complexity index is 274. The van der Waals surface area contributed by atoms with Crippen LogP contribution in [-0.2, 0) is 4.79 Å². The zero-order valence-corrected chi connectivity index (χ0v) is 13.2. The first-order chi connectivity index (χ1) is 7.25. The SMILES string of the molecule is CC(C)(C)NC(C(=O)O)C(C)(C)SC(C)(C)C. The van der Waals surface area contributed by atoms with Crippen molar-refractivity contribution in [1.82, 2.24) is 5.32 Å². The van der Waals surface area contributed by atoms with Crippen LogP contribution >= 0.6 is 11.8 Å². The number of carbonyl (C=O) groups is 1. The van der Waals surface area contributed by atoms with Crippen molar-refractivity contribution in [3.8, 4) is 0 Å². The fourth-order valence-corrected chi connectivity index (χ4v) is 3.67. The van der Waals surface area contributed by atoms with E-state index in [1.54, 1.807) is 11.8 Å². The Morgan fingerprint density at radius 3 is 1.71 bits per heavy atom. The molecule has 0 heterocycles. The van der Waals surface area contributed by atoms with E-state index in [-0.39, 0.29) is 15.0 Å². The fourth-order valence-electron chi connectivity index (χ4n) is 1.81. The standard InChI is InChI=1S/C13H27NO2S/c1-11(2,3)14-9(10(15)16)13(7,8)17-12(4,5)6/h9,14H,1-8H3,(H,15,16). The minimum atomic E-state index is -0.790. The maximum atomic E-state index is 11.4. The second-order valence-corrected chi connectivity index (χ2v) is 9.46. The third-order valence-corrected chi connectivity index (χ3v) is 3.46. The zero-order chi connectivity index (χ0) is 14.1. The lowest BCUT2D eigenvalue weighted by molar-refractivity contribution is -0.140. The van der Waals surface area contributed by atoms with Crippen LogP contribution in [0.1, 0.15) is 55.4 Å². The molecule has 0 spiro atoms. The van der Waals surface area contributed by atoms with Crippen molar-refractivity contribution in [2.75, 3.05) is 0 Å². The third-order valence-electron chi connectivity index (χ3n) is 2.09. The minimum absolute atomic E-state index is 0.0385. The summed E-state index contributed by atoms with van der Waals surface area (Å²) in [5.41, 5.74) is -0.210. The average molecular weight is 261 g/mol. The number of nitrogens with one attached hydrogen (secondary N) is 1. The van der Waals surface area contributed by atoms with Crippen molar-refractivity contribution in [1.29, 1.82) is 0 Å². The Kier molecular flexibility index (Phi) is 5.12. The molecule has 0 aromatic carbocycles. The summed E-state index contributed by atoms with van der Waals surface area (Å²) in [6, 6.07) is -0.563. The van der Waals surface area contributed by atoms with Gasteiger partial charge in [-0.1, -0.05) is 20.8 Å². The van der Waals surface area contributed by atoms with Crippen molar-refractivity contribution in [3.63, 3.8) is 0 Å². The van der Waals surface area contributed by atoms with Crippen LogP contribution in [0.3, 0.4) is 0 Å². The molecule has 0 aliphatic carbocycles. The predicted molar refractivity (Wildman–Crippen MR) is 75.7 cm³/mol. The van der Waals surface area contributed by atoms with Crippen molar-refractivity contribution < 1.29 is 9.90 Å². The van der Waals surface area contributed by atoms with Crippen LogP contribution in [-0.4, -0.2) is 32.2 Å². The van der Waals surface area contributed by atoms with Gasteiger partial charge in [-0.2, -0.15) is 0 Å². The first-order valence-electron chi connectivity index (χ1n) is 5.95. The van der Waals surface area contributed by atoms with E-state index in [4.69, 9.17) is 0 Å². The molecule has 0 rings (SSSR count). The van der Waals surface area contributed by atoms with Gasteiger partial charge in [-0.15, -0.1) is 11.8 Å². The van der Waals surface area contributed by atoms with E-state index in [0.29, 0.717) is 0 Å². The van der Waals surface area contributed by atoms with Crippen LogP contribution in [0.5, 0.6) is 0 Å². The number of carboxylic acids is 1. The number of thioether (sulfide) groups is 1. The first kappa shape index (κ1) is 16.8. The van der Waals surface area contributed by atoms with Gasteiger partial charge in [0.25, 0.3) is 0 Å². The van der Waals surface area contributed by atoms with Crippen LogP contribution in [0.4, 0.5) is 0 Å². The molecule has 0 fully saturated rings. The van der Waals surface area contributed by atoms with E-state index < -0.39 is 12.0 Å². The van der Waals surface area contributed by atoms with Gasteiger partial charge in [-0.05, 0) is 34.6 Å². The largest absolute Gasteiger partial charge is 0.480 e. The Morgan fingerprint density at radius 1 is 1.06 bits per heavy atom. The monoisotopic (exact) mass is 261 g/mol. The topological polar surface area (TPSA) is 49.3 Å². The lowest BCUT2D eigenvalue weighted by Crippen LogP contribution is -2.57. The van der Waals surface area contributed by atoms with Crippen LogP contribution in [0.2, 0.25) is 0 Å². The van der Waals surface area contributed by atoms with Crippen molar-refractivity contribution >= 4 is 17.7 Å². The van der Waals surface area contributed by atoms with Gasteiger partial charge in [0.2, 0.25) is 0 Å². The summed E-state index contributed by atoms with van der Waals surface area (Å²) in [6.45, 7) is 16.3. The normalized spacial score (nSPS) is 15.8. The minimum Gasteiger partial charge on any atom is -0.480 e. The molecule has 4 heteroatoms. The summed E-state index contributed by atoms with van der Waals surface area (Å²) in [7, 11) is 0. The fraction of sp³-hybridized carbons (Fsp3) is 0.923. The summed E-state index contributed by atoms with van der Waals surface area (Å²) in [5, 5.41) is 12.6. The Hall–Kier alpha value is -0.220. The predicted octanol–water partition coefficient (Wildman–Crippen LogP) is 3.14. The van der Waals surface area contributed by atoms with Crippen LogP contribution in [0.25, 0.3) is 0 Å². The van der Waals surface area contributed by atoms with Gasteiger partial charge < -0.3 is 5.11 Å². The molecule has 102 valence electrons. The summed E-state index contributed by atoms with van der Waals surface area (Å²) in [6.07, 6.45) is 0. The Morgan fingerprint density at radius 2 is 1.47 bits per heavy atom. The molecule has 0 aliphatic heterocycles. The van der Waals surface area contributed by atoms with Crippen LogP contribution in [0, 0.1) is 0 Å². The number of rotatable bonds is 4. The van der Waals surface area contributed by atoms with Gasteiger partial charge in [0.15, 0.2) is 0 Å². The molecular formula is C13H27NO2S. The highest BCUT2D eigenvalue weighted by atomic mass is 32.2. The van der Waals surface area contributed by atoms with Crippen molar-refractivity contribution in [2.45, 2.75) is 76.5 Å². The second kappa shape index (κ2) is 5.19. The number of carboxylic acid groups (broad SMARTS) is 1. The molecule has 1 unspecified atom stereocenters. The van der Waals surface area contributed by atoms with Gasteiger partial charge in [-0.3, -0.25) is 10.1 Å². The number of hydrogen-bond acceptors (Lipinski definition) is 3. The second-order valence-electron chi connectivity index (χ2n) is 6.98. The summed E-state index contributed by atoms with van der Waals surface area (Å²) in [5.74, 6) is -0.790. The molecule has 2 N–H and O–H groups in total. The Balaban J connectivity index is 4.99. The van der Waals surface area contributed by atoms with Gasteiger partial charge in [0.05, 0.1) is 0 Å². The molecule has 0 saturated carbocycles. The lowest BCUT2D eigenvalue weighted by Gasteiger charge is -2.39. The molecule has 0 bridgehead atoms. The highest BCUT2D eigenvalue weighted by molar-refractivity contribution is 8.02. The summed E-state index contributed by atoms with van der Waals surface area (Å²) >= 11 is 1.69. The molecule has 0 aromatic rings. The first-order valence-corrected chi connectivity index (χ1v) is 6.77. The van der Waals surface area contributed by atoms with Gasteiger partial charge in [0.1, 0.15) is 6.04 Å². The third kappa shape index (κ3) is 6.94. The molecule has 1 atom stereocenters. The highest BCUT2D eigenvalue weighted by Gasteiger charge is 2.40. The Labute approximate surface area is 110 Å². The molecule has 0 aliphatic rings. The number of hydrogen-bond donors (Lipinski definition) is 2. The molecule has 17 heavy (non-hydrogen) atoms. The van der Waals surface area contributed by atoms with Crippen molar-refractivity contribution in [2.24, 2.45) is 0 Å². The van der Waals surface area contributed by atoms with Gasteiger partial charge >= 0.3 is 5.97 Å². The maximum absolute atomic E-state index is 11.4. The molecule has 3 nitrogen and oxygen atoms in total. The van der Waals surface area contributed by atoms with E-state index in [2.05, 4.69) is 26.1 Å². The van der Waals surface area contributed by atoms with E-state index >= 15 is 0 Å².